The lowest BCUT2D eigenvalue weighted by Crippen LogP contribution is -2.20. The normalized spacial score (nSPS) is 14.4. The van der Waals surface area contributed by atoms with Crippen LogP contribution in [0.1, 0.15) is 47.5 Å². The van der Waals surface area contributed by atoms with E-state index in [0.29, 0.717) is 0 Å². The fourth-order valence-electron chi connectivity index (χ4n) is 1.23. The van der Waals surface area contributed by atoms with Crippen molar-refractivity contribution in [1.82, 2.24) is 0 Å². The van der Waals surface area contributed by atoms with Crippen LogP contribution in [0.5, 0.6) is 0 Å². The van der Waals surface area contributed by atoms with Gasteiger partial charge in [0.2, 0.25) is 0 Å². The molecule has 0 rings (SSSR count). The minimum Gasteiger partial charge on any atom is -0.387 e. The van der Waals surface area contributed by atoms with Crippen LogP contribution in [0.25, 0.3) is 0 Å². The van der Waals surface area contributed by atoms with E-state index in [1.54, 1.807) is 0 Å². The molecule has 0 aromatic carbocycles. The van der Waals surface area contributed by atoms with E-state index < -0.39 is 6.10 Å². The predicted molar refractivity (Wildman–Crippen MR) is 62.9 cm³/mol. The number of aliphatic hydroxyl groups excluding tert-OH is 1. The lowest BCUT2D eigenvalue weighted by Gasteiger charge is -2.11. The Balaban J connectivity index is 4.64. The monoisotopic (exact) mass is 197 g/mol. The molecule has 0 heterocycles. The van der Waals surface area contributed by atoms with Gasteiger partial charge < -0.3 is 5.11 Å². The second-order valence-electron chi connectivity index (χ2n) is 4.17. The summed E-state index contributed by atoms with van der Waals surface area (Å²) in [5.41, 5.74) is 2.00. The summed E-state index contributed by atoms with van der Waals surface area (Å²) in [6.07, 6.45) is 3.34. The van der Waals surface area contributed by atoms with E-state index >= 15 is 0 Å². The Hall–Kier alpha value is -0.630. The summed E-state index contributed by atoms with van der Waals surface area (Å²) in [5.74, 6) is 0. The first-order valence-corrected chi connectivity index (χ1v) is 5.38. The Morgan fingerprint density at radius 2 is 1.93 bits per heavy atom. The van der Waals surface area contributed by atoms with E-state index in [-0.39, 0.29) is 6.04 Å². The van der Waals surface area contributed by atoms with E-state index in [0.717, 1.165) is 18.6 Å². The fraction of sp³-hybridized carbons (Fsp3) is 0.750. The third kappa shape index (κ3) is 5.92. The largest absolute Gasteiger partial charge is 0.387 e. The lowest BCUT2D eigenvalue weighted by molar-refractivity contribution is 0.230. The van der Waals surface area contributed by atoms with E-state index in [9.17, 15) is 5.11 Å². The summed E-state index contributed by atoms with van der Waals surface area (Å²) in [5, 5.41) is 9.83. The number of aliphatic imine (C=N–C) groups is 1. The van der Waals surface area contributed by atoms with Gasteiger partial charge in [-0.3, -0.25) is 4.99 Å². The molecule has 0 aliphatic carbocycles. The van der Waals surface area contributed by atoms with Crippen molar-refractivity contribution in [2.75, 3.05) is 0 Å². The SMILES string of the molecule is CCCC(O)/C(C=C(C)C)=N/C(C)C. The first-order valence-electron chi connectivity index (χ1n) is 5.38. The highest BCUT2D eigenvalue weighted by molar-refractivity contribution is 5.98. The molecule has 1 atom stereocenters. The number of rotatable bonds is 5. The van der Waals surface area contributed by atoms with Crippen LogP contribution in [-0.2, 0) is 0 Å². The van der Waals surface area contributed by atoms with Gasteiger partial charge in [0.1, 0.15) is 0 Å². The zero-order valence-corrected chi connectivity index (χ0v) is 10.0. The van der Waals surface area contributed by atoms with Gasteiger partial charge >= 0.3 is 0 Å². The molecule has 2 heteroatoms. The molecular weight excluding hydrogens is 174 g/mol. The Labute approximate surface area is 87.8 Å². The summed E-state index contributed by atoms with van der Waals surface area (Å²) in [7, 11) is 0. The topological polar surface area (TPSA) is 32.6 Å². The summed E-state index contributed by atoms with van der Waals surface area (Å²) in [4.78, 5) is 4.43. The quantitative estimate of drug-likeness (QED) is 0.675. The summed E-state index contributed by atoms with van der Waals surface area (Å²) in [6.45, 7) is 10.2. The number of nitrogens with zero attached hydrogens (tertiary/aromatic N) is 1. The van der Waals surface area contributed by atoms with Crippen LogP contribution >= 0.6 is 0 Å². The molecule has 0 saturated heterocycles. The van der Waals surface area contributed by atoms with Gasteiger partial charge in [-0.1, -0.05) is 18.9 Å². The summed E-state index contributed by atoms with van der Waals surface area (Å²) >= 11 is 0. The number of aliphatic hydroxyl groups is 1. The molecule has 2 nitrogen and oxygen atoms in total. The van der Waals surface area contributed by atoms with Gasteiger partial charge in [0.05, 0.1) is 11.8 Å². The minimum absolute atomic E-state index is 0.243. The molecular formula is C12H23NO. The van der Waals surface area contributed by atoms with E-state index in [1.165, 1.54) is 5.57 Å². The van der Waals surface area contributed by atoms with Crippen LogP contribution in [-0.4, -0.2) is 23.0 Å². The summed E-state index contributed by atoms with van der Waals surface area (Å²) < 4.78 is 0. The van der Waals surface area contributed by atoms with Gasteiger partial charge in [-0.05, 0) is 40.2 Å². The van der Waals surface area contributed by atoms with Crippen molar-refractivity contribution in [2.45, 2.75) is 59.6 Å². The van der Waals surface area contributed by atoms with Gasteiger partial charge in [0.25, 0.3) is 0 Å². The molecule has 0 spiro atoms. The minimum atomic E-state index is -0.405. The lowest BCUT2D eigenvalue weighted by atomic mass is 10.1. The van der Waals surface area contributed by atoms with E-state index in [2.05, 4.69) is 11.9 Å². The molecule has 0 amide bonds. The Morgan fingerprint density at radius 1 is 1.36 bits per heavy atom. The smallest absolute Gasteiger partial charge is 0.0955 e. The highest BCUT2D eigenvalue weighted by atomic mass is 16.3. The fourth-order valence-corrected chi connectivity index (χ4v) is 1.23. The Morgan fingerprint density at radius 3 is 2.29 bits per heavy atom. The maximum Gasteiger partial charge on any atom is 0.0955 e. The summed E-state index contributed by atoms with van der Waals surface area (Å²) in [6, 6.07) is 0.243. The zero-order valence-electron chi connectivity index (χ0n) is 10.0. The first-order chi connectivity index (χ1) is 6.47. The number of hydrogen-bond donors (Lipinski definition) is 1. The van der Waals surface area contributed by atoms with Crippen LogP contribution in [0, 0.1) is 0 Å². The molecule has 0 aromatic rings. The molecule has 0 aliphatic rings. The second-order valence-corrected chi connectivity index (χ2v) is 4.17. The van der Waals surface area contributed by atoms with Crippen molar-refractivity contribution in [1.29, 1.82) is 0 Å². The standard InChI is InChI=1S/C12H23NO/c1-6-7-12(14)11(8-9(2)3)13-10(4)5/h8,10,12,14H,6-7H2,1-5H3/b13-11+. The Bertz CT molecular complexity index is 212. The number of allylic oxidation sites excluding steroid dienone is 1. The van der Waals surface area contributed by atoms with E-state index in [1.807, 2.05) is 33.8 Å². The molecule has 0 aliphatic heterocycles. The molecule has 0 saturated carbocycles. The van der Waals surface area contributed by atoms with Crippen molar-refractivity contribution in [3.05, 3.63) is 11.6 Å². The first kappa shape index (κ1) is 13.4. The zero-order chi connectivity index (χ0) is 11.1. The van der Waals surface area contributed by atoms with E-state index in [4.69, 9.17) is 0 Å². The predicted octanol–water partition coefficient (Wildman–Crippen LogP) is 2.96. The van der Waals surface area contributed by atoms with Gasteiger partial charge in [-0.2, -0.15) is 0 Å². The van der Waals surface area contributed by atoms with Crippen molar-refractivity contribution in [2.24, 2.45) is 4.99 Å². The van der Waals surface area contributed by atoms with Gasteiger partial charge in [0.15, 0.2) is 0 Å². The van der Waals surface area contributed by atoms with Gasteiger partial charge in [-0.15, -0.1) is 0 Å². The maximum atomic E-state index is 9.83. The van der Waals surface area contributed by atoms with Crippen molar-refractivity contribution >= 4 is 5.71 Å². The highest BCUT2D eigenvalue weighted by Crippen LogP contribution is 2.05. The second kappa shape index (κ2) is 6.77. The van der Waals surface area contributed by atoms with Crippen molar-refractivity contribution < 1.29 is 5.11 Å². The third-order valence-electron chi connectivity index (χ3n) is 1.75. The third-order valence-corrected chi connectivity index (χ3v) is 1.75. The molecule has 0 radical (unpaired) electrons. The average molecular weight is 197 g/mol. The van der Waals surface area contributed by atoms with Crippen LogP contribution in [0.2, 0.25) is 0 Å². The van der Waals surface area contributed by atoms with Gasteiger partial charge in [0, 0.05) is 6.04 Å². The maximum absolute atomic E-state index is 9.83. The molecule has 14 heavy (non-hydrogen) atoms. The molecule has 1 unspecified atom stereocenters. The Kier molecular flexibility index (Phi) is 6.46. The van der Waals surface area contributed by atoms with Crippen molar-refractivity contribution in [3.63, 3.8) is 0 Å². The number of hydrogen-bond acceptors (Lipinski definition) is 2. The van der Waals surface area contributed by atoms with Crippen LogP contribution < -0.4 is 0 Å². The van der Waals surface area contributed by atoms with Crippen molar-refractivity contribution in [3.8, 4) is 0 Å². The molecule has 0 aromatic heterocycles. The molecule has 0 fully saturated rings. The van der Waals surface area contributed by atoms with Crippen LogP contribution in [0.15, 0.2) is 16.6 Å². The van der Waals surface area contributed by atoms with Crippen LogP contribution in [0.3, 0.4) is 0 Å². The van der Waals surface area contributed by atoms with Gasteiger partial charge in [-0.25, -0.2) is 0 Å². The molecule has 1 N–H and O–H groups in total. The molecule has 0 bridgehead atoms. The highest BCUT2D eigenvalue weighted by Gasteiger charge is 2.09. The van der Waals surface area contributed by atoms with Crippen LogP contribution in [0.4, 0.5) is 0 Å². The average Bonchev–Trinajstić information content (AvgIpc) is 2.01. The molecule has 82 valence electrons.